The van der Waals surface area contributed by atoms with Crippen molar-refractivity contribution in [3.8, 4) is 11.1 Å². The highest BCUT2D eigenvalue weighted by Gasteiger charge is 2.33. The Bertz CT molecular complexity index is 1030. The van der Waals surface area contributed by atoms with Gasteiger partial charge in [-0.15, -0.1) is 23.1 Å². The first kappa shape index (κ1) is 21.2. The van der Waals surface area contributed by atoms with Crippen LogP contribution in [0.1, 0.15) is 32.4 Å². The molecule has 4 rings (SSSR count). The number of benzene rings is 1. The minimum Gasteiger partial charge on any atom is -0.325 e. The van der Waals surface area contributed by atoms with Crippen molar-refractivity contribution in [1.82, 2.24) is 9.97 Å². The third-order valence-electron chi connectivity index (χ3n) is 4.97. The third-order valence-corrected chi connectivity index (χ3v) is 7.67. The maximum Gasteiger partial charge on any atom is 0.236 e. The fraction of sp³-hybridized carbons (Fsp3) is 0.318. The molecular formula is C22H24N4OS3. The number of anilines is 2. The molecule has 0 aliphatic heterocycles. The largest absolute Gasteiger partial charge is 0.325 e. The van der Waals surface area contributed by atoms with E-state index in [2.05, 4.69) is 26.1 Å². The summed E-state index contributed by atoms with van der Waals surface area (Å²) in [5.74, 6) is -0.0759. The van der Waals surface area contributed by atoms with Crippen LogP contribution in [0.3, 0.4) is 0 Å². The second-order valence-electron chi connectivity index (χ2n) is 7.73. The van der Waals surface area contributed by atoms with Crippen LogP contribution in [0, 0.1) is 0 Å². The second kappa shape index (κ2) is 8.99. The van der Waals surface area contributed by atoms with E-state index in [0.717, 1.165) is 32.5 Å². The highest BCUT2D eigenvalue weighted by Crippen LogP contribution is 2.36. The first-order valence-corrected chi connectivity index (χ1v) is 12.7. The molecule has 2 heterocycles. The van der Waals surface area contributed by atoms with E-state index in [0.29, 0.717) is 5.25 Å². The number of carbonyl (C=O) groups excluding carboxylic acids is 1. The zero-order chi connectivity index (χ0) is 21.1. The molecule has 1 amide bonds. The molecule has 0 bridgehead atoms. The maximum absolute atomic E-state index is 13.0. The van der Waals surface area contributed by atoms with E-state index >= 15 is 0 Å². The highest BCUT2D eigenvalue weighted by atomic mass is 32.2. The lowest BCUT2D eigenvalue weighted by atomic mass is 9.89. The van der Waals surface area contributed by atoms with Crippen LogP contribution in [0.4, 0.5) is 10.8 Å². The van der Waals surface area contributed by atoms with E-state index < -0.39 is 5.41 Å². The van der Waals surface area contributed by atoms with Crippen molar-refractivity contribution in [2.75, 3.05) is 16.3 Å². The van der Waals surface area contributed by atoms with Crippen molar-refractivity contribution in [1.29, 1.82) is 0 Å². The zero-order valence-electron chi connectivity index (χ0n) is 17.1. The van der Waals surface area contributed by atoms with Gasteiger partial charge in [-0.25, -0.2) is 4.98 Å². The summed E-state index contributed by atoms with van der Waals surface area (Å²) in [6, 6.07) is 9.97. The molecular weight excluding hydrogens is 432 g/mol. The Hall–Kier alpha value is -2.03. The van der Waals surface area contributed by atoms with Gasteiger partial charge >= 0.3 is 0 Å². The number of thiazole rings is 1. The number of hydrogen-bond acceptors (Lipinski definition) is 7. The summed E-state index contributed by atoms with van der Waals surface area (Å²) in [7, 11) is 0. The Morgan fingerprint density at radius 3 is 2.63 bits per heavy atom. The molecule has 1 saturated carbocycles. The quantitative estimate of drug-likeness (QED) is 0.317. The Kier molecular flexibility index (Phi) is 6.36. The predicted octanol–water partition coefficient (Wildman–Crippen LogP) is 6.07. The SMILES string of the molecule is CSc1cncc(-c2ccc(NC(=O)C(C)(C)c3csc(NSC4CC4)n3)cc2)c1. The molecule has 0 atom stereocenters. The van der Waals surface area contributed by atoms with E-state index in [-0.39, 0.29) is 5.91 Å². The van der Waals surface area contributed by atoms with Crippen molar-refractivity contribution in [3.05, 3.63) is 53.8 Å². The third kappa shape index (κ3) is 4.99. The number of carbonyl (C=O) groups is 1. The van der Waals surface area contributed by atoms with Crippen LogP contribution >= 0.6 is 35.0 Å². The summed E-state index contributed by atoms with van der Waals surface area (Å²) in [5, 5.41) is 6.55. The zero-order valence-corrected chi connectivity index (χ0v) is 19.6. The first-order valence-electron chi connectivity index (χ1n) is 9.74. The van der Waals surface area contributed by atoms with Gasteiger partial charge in [0, 0.05) is 39.2 Å². The molecule has 30 heavy (non-hydrogen) atoms. The molecule has 0 radical (unpaired) electrons. The van der Waals surface area contributed by atoms with Crippen molar-refractivity contribution in [3.63, 3.8) is 0 Å². The van der Waals surface area contributed by atoms with Gasteiger partial charge in [0.2, 0.25) is 5.91 Å². The molecule has 2 N–H and O–H groups in total. The highest BCUT2D eigenvalue weighted by molar-refractivity contribution is 8.01. The molecule has 1 aliphatic rings. The number of rotatable bonds is 8. The predicted molar refractivity (Wildman–Crippen MR) is 129 cm³/mol. The van der Waals surface area contributed by atoms with Gasteiger partial charge in [-0.1, -0.05) is 12.1 Å². The molecule has 3 aromatic rings. The van der Waals surface area contributed by atoms with Crippen molar-refractivity contribution < 1.29 is 4.79 Å². The molecule has 8 heteroatoms. The molecule has 1 aromatic carbocycles. The average Bonchev–Trinajstić information content (AvgIpc) is 3.47. The summed E-state index contributed by atoms with van der Waals surface area (Å²) >= 11 is 4.93. The summed E-state index contributed by atoms with van der Waals surface area (Å²) in [6.45, 7) is 3.81. The van der Waals surface area contributed by atoms with Gasteiger partial charge < -0.3 is 10.0 Å². The first-order chi connectivity index (χ1) is 14.5. The number of thioether (sulfide) groups is 1. The van der Waals surface area contributed by atoms with Gasteiger partial charge in [0.1, 0.15) is 0 Å². The topological polar surface area (TPSA) is 66.9 Å². The van der Waals surface area contributed by atoms with Crippen molar-refractivity contribution in [2.24, 2.45) is 0 Å². The smallest absolute Gasteiger partial charge is 0.236 e. The lowest BCUT2D eigenvalue weighted by molar-refractivity contribution is -0.120. The number of nitrogens with zero attached hydrogens (tertiary/aromatic N) is 2. The molecule has 0 saturated heterocycles. The van der Waals surface area contributed by atoms with Crippen LogP contribution in [0.25, 0.3) is 11.1 Å². The number of nitrogens with one attached hydrogen (secondary N) is 2. The normalized spacial score (nSPS) is 13.8. The standard InChI is InChI=1S/C22H24N4OS3/c1-22(2,19-13-29-21(25-19)26-30-17-8-9-17)20(27)24-16-6-4-14(5-7-16)15-10-18(28-3)12-23-11-15/h4-7,10-13,17H,8-9H2,1-3H3,(H,24,27)(H,25,26). The van der Waals surface area contributed by atoms with Gasteiger partial charge in [0.25, 0.3) is 0 Å². The minimum atomic E-state index is -0.726. The van der Waals surface area contributed by atoms with Crippen LogP contribution < -0.4 is 10.0 Å². The second-order valence-corrected chi connectivity index (χ2v) is 10.6. The summed E-state index contributed by atoms with van der Waals surface area (Å²) < 4.78 is 3.30. The van der Waals surface area contributed by atoms with Gasteiger partial charge in [-0.05, 0) is 68.7 Å². The summed E-state index contributed by atoms with van der Waals surface area (Å²) in [4.78, 5) is 23.0. The number of hydrogen-bond donors (Lipinski definition) is 2. The van der Waals surface area contributed by atoms with E-state index in [4.69, 9.17) is 0 Å². The molecule has 0 unspecified atom stereocenters. The van der Waals surface area contributed by atoms with E-state index in [9.17, 15) is 4.79 Å². The monoisotopic (exact) mass is 456 g/mol. The number of amides is 1. The van der Waals surface area contributed by atoms with E-state index in [1.807, 2.05) is 62.1 Å². The van der Waals surface area contributed by atoms with Crippen LogP contribution in [-0.4, -0.2) is 27.4 Å². The Morgan fingerprint density at radius 1 is 1.17 bits per heavy atom. The van der Waals surface area contributed by atoms with Crippen LogP contribution in [-0.2, 0) is 10.2 Å². The molecule has 2 aromatic heterocycles. The van der Waals surface area contributed by atoms with Crippen LogP contribution in [0.15, 0.2) is 53.0 Å². The molecule has 1 fully saturated rings. The van der Waals surface area contributed by atoms with Gasteiger partial charge in [-0.2, -0.15) is 0 Å². The van der Waals surface area contributed by atoms with Crippen molar-refractivity contribution >= 4 is 51.8 Å². The maximum atomic E-state index is 13.0. The van der Waals surface area contributed by atoms with Gasteiger partial charge in [0.05, 0.1) is 11.1 Å². The van der Waals surface area contributed by atoms with Crippen LogP contribution in [0.5, 0.6) is 0 Å². The van der Waals surface area contributed by atoms with Gasteiger partial charge in [0.15, 0.2) is 5.13 Å². The fourth-order valence-electron chi connectivity index (χ4n) is 2.77. The van der Waals surface area contributed by atoms with Crippen LogP contribution in [0.2, 0.25) is 0 Å². The van der Waals surface area contributed by atoms with E-state index in [1.165, 1.54) is 12.8 Å². The molecule has 0 spiro atoms. The lowest BCUT2D eigenvalue weighted by Crippen LogP contribution is -2.35. The number of aromatic nitrogens is 2. The Balaban J connectivity index is 1.42. The minimum absolute atomic E-state index is 0.0759. The summed E-state index contributed by atoms with van der Waals surface area (Å²) in [5.41, 5.74) is 2.95. The fourth-order valence-corrected chi connectivity index (χ4v) is 4.92. The van der Waals surface area contributed by atoms with Gasteiger partial charge in [-0.3, -0.25) is 9.78 Å². The summed E-state index contributed by atoms with van der Waals surface area (Å²) in [6.07, 6.45) is 8.28. The molecule has 5 nitrogen and oxygen atoms in total. The number of pyridine rings is 1. The molecule has 156 valence electrons. The van der Waals surface area contributed by atoms with Crippen molar-refractivity contribution in [2.45, 2.75) is 42.2 Å². The lowest BCUT2D eigenvalue weighted by Gasteiger charge is -2.21. The Labute approximate surface area is 189 Å². The average molecular weight is 457 g/mol. The van der Waals surface area contributed by atoms with E-state index in [1.54, 1.807) is 35.0 Å². The molecule has 1 aliphatic carbocycles. The Morgan fingerprint density at radius 2 is 1.93 bits per heavy atom.